The number of hydrogen-bond donors (Lipinski definition) is 2. The van der Waals surface area contributed by atoms with Crippen LogP contribution >= 0.6 is 23.4 Å². The molecule has 0 amide bonds. The van der Waals surface area contributed by atoms with Gasteiger partial charge in [0.25, 0.3) is 0 Å². The molecule has 0 bridgehead atoms. The van der Waals surface area contributed by atoms with Crippen LogP contribution in [0.2, 0.25) is 5.02 Å². The predicted octanol–water partition coefficient (Wildman–Crippen LogP) is 3.87. The van der Waals surface area contributed by atoms with E-state index in [0.29, 0.717) is 0 Å². The Hall–Kier alpha value is -1.20. The lowest BCUT2D eigenvalue weighted by Gasteiger charge is -2.33. The molecule has 5 heteroatoms. The van der Waals surface area contributed by atoms with Crippen molar-refractivity contribution < 1.29 is 5.11 Å². The summed E-state index contributed by atoms with van der Waals surface area (Å²) in [4.78, 5) is 4.81. The van der Waals surface area contributed by atoms with Crippen LogP contribution < -0.4 is 10.2 Å². The van der Waals surface area contributed by atoms with Crippen molar-refractivity contribution >= 4 is 34.7 Å². The summed E-state index contributed by atoms with van der Waals surface area (Å²) < 4.78 is 0. The fourth-order valence-electron chi connectivity index (χ4n) is 2.48. The molecule has 2 N–H and O–H groups in total. The molecule has 2 aromatic carbocycles. The van der Waals surface area contributed by atoms with Gasteiger partial charge in [0.1, 0.15) is 0 Å². The molecular weight excluding hydrogens is 304 g/mol. The molecule has 3 nitrogen and oxygen atoms in total. The monoisotopic (exact) mass is 320 g/mol. The first kappa shape index (κ1) is 14.7. The lowest BCUT2D eigenvalue weighted by Crippen LogP contribution is -2.26. The fourth-order valence-corrected chi connectivity index (χ4v) is 3.73. The molecule has 1 aliphatic heterocycles. The minimum Gasteiger partial charge on any atom is -0.381 e. The van der Waals surface area contributed by atoms with Crippen LogP contribution in [0.4, 0.5) is 11.4 Å². The first-order valence-electron chi connectivity index (χ1n) is 6.95. The minimum absolute atomic E-state index is 0.0227. The van der Waals surface area contributed by atoms with Crippen molar-refractivity contribution in [2.24, 2.45) is 0 Å². The quantitative estimate of drug-likeness (QED) is 0.647. The number of rotatable bonds is 5. The summed E-state index contributed by atoms with van der Waals surface area (Å²) in [7, 11) is 0. The largest absolute Gasteiger partial charge is 0.381 e. The SMILES string of the molecule is OCNCCCN1c2ccccc2Sc2ccc(Cl)cc21. The van der Waals surface area contributed by atoms with Gasteiger partial charge in [-0.2, -0.15) is 0 Å². The number of aliphatic hydroxyl groups excluding tert-OH is 1. The van der Waals surface area contributed by atoms with Crippen LogP contribution in [0, 0.1) is 0 Å². The van der Waals surface area contributed by atoms with Crippen LogP contribution in [0.5, 0.6) is 0 Å². The molecule has 0 saturated carbocycles. The Balaban J connectivity index is 1.91. The number of hydrogen-bond acceptors (Lipinski definition) is 4. The van der Waals surface area contributed by atoms with Crippen molar-refractivity contribution in [2.75, 3.05) is 24.7 Å². The molecule has 1 heterocycles. The smallest absolute Gasteiger partial charge is 0.0931 e. The Morgan fingerprint density at radius 2 is 1.90 bits per heavy atom. The third kappa shape index (κ3) is 3.19. The van der Waals surface area contributed by atoms with E-state index in [1.54, 1.807) is 11.8 Å². The number of halogens is 1. The van der Waals surface area contributed by atoms with Gasteiger partial charge in [0.2, 0.25) is 0 Å². The van der Waals surface area contributed by atoms with E-state index >= 15 is 0 Å². The normalized spacial score (nSPS) is 13.0. The maximum Gasteiger partial charge on any atom is 0.0931 e. The summed E-state index contributed by atoms with van der Waals surface area (Å²) >= 11 is 7.95. The highest BCUT2D eigenvalue weighted by atomic mass is 35.5. The molecule has 110 valence electrons. The Morgan fingerprint density at radius 3 is 2.76 bits per heavy atom. The fraction of sp³-hybridized carbons (Fsp3) is 0.250. The zero-order chi connectivity index (χ0) is 14.7. The molecule has 3 rings (SSSR count). The molecule has 0 aromatic heterocycles. The van der Waals surface area contributed by atoms with Crippen molar-refractivity contribution in [1.82, 2.24) is 5.32 Å². The van der Waals surface area contributed by atoms with Gasteiger partial charge in [-0.25, -0.2) is 0 Å². The highest BCUT2D eigenvalue weighted by Crippen LogP contribution is 2.48. The number of fused-ring (bicyclic) bond motifs is 2. The molecule has 21 heavy (non-hydrogen) atoms. The lowest BCUT2D eigenvalue weighted by molar-refractivity contribution is 0.261. The van der Waals surface area contributed by atoms with Gasteiger partial charge in [-0.15, -0.1) is 0 Å². The predicted molar refractivity (Wildman–Crippen MR) is 88.7 cm³/mol. The second-order valence-corrected chi connectivity index (χ2v) is 6.37. The van der Waals surface area contributed by atoms with E-state index in [1.807, 2.05) is 12.1 Å². The third-order valence-corrected chi connectivity index (χ3v) is 4.80. The average Bonchev–Trinajstić information content (AvgIpc) is 2.51. The molecule has 2 aromatic rings. The maximum absolute atomic E-state index is 8.81. The zero-order valence-electron chi connectivity index (χ0n) is 11.6. The van der Waals surface area contributed by atoms with E-state index in [2.05, 4.69) is 40.5 Å². The molecule has 0 aliphatic carbocycles. The number of nitrogens with one attached hydrogen (secondary N) is 1. The third-order valence-electron chi connectivity index (χ3n) is 3.43. The molecule has 0 unspecified atom stereocenters. The van der Waals surface area contributed by atoms with Gasteiger partial charge in [0.15, 0.2) is 0 Å². The van der Waals surface area contributed by atoms with Crippen LogP contribution in [0.3, 0.4) is 0 Å². The summed E-state index contributed by atoms with van der Waals surface area (Å²) in [6.45, 7) is 1.70. The maximum atomic E-state index is 8.81. The molecule has 0 fully saturated rings. The summed E-state index contributed by atoms with van der Waals surface area (Å²) in [6.07, 6.45) is 0.950. The second-order valence-electron chi connectivity index (χ2n) is 4.85. The van der Waals surface area contributed by atoms with E-state index in [9.17, 15) is 0 Å². The van der Waals surface area contributed by atoms with E-state index < -0.39 is 0 Å². The first-order chi connectivity index (χ1) is 10.3. The second kappa shape index (κ2) is 6.71. The molecule has 0 atom stereocenters. The Bertz CT molecular complexity index is 635. The van der Waals surface area contributed by atoms with Crippen LogP contribution in [-0.2, 0) is 0 Å². The van der Waals surface area contributed by atoms with Gasteiger partial charge < -0.3 is 10.0 Å². The highest BCUT2D eigenvalue weighted by Gasteiger charge is 2.22. The first-order valence-corrected chi connectivity index (χ1v) is 8.14. The average molecular weight is 321 g/mol. The summed E-state index contributed by atoms with van der Waals surface area (Å²) in [6, 6.07) is 14.5. The summed E-state index contributed by atoms with van der Waals surface area (Å²) in [5.41, 5.74) is 2.39. The van der Waals surface area contributed by atoms with Gasteiger partial charge in [-0.05, 0) is 43.3 Å². The Labute approximate surface area is 133 Å². The Morgan fingerprint density at radius 1 is 1.10 bits per heavy atom. The van der Waals surface area contributed by atoms with Gasteiger partial charge in [0, 0.05) is 21.4 Å². The van der Waals surface area contributed by atoms with Gasteiger partial charge >= 0.3 is 0 Å². The van der Waals surface area contributed by atoms with E-state index in [0.717, 1.165) is 30.2 Å². The van der Waals surface area contributed by atoms with Gasteiger partial charge in [0.05, 0.1) is 18.1 Å². The van der Waals surface area contributed by atoms with Crippen molar-refractivity contribution in [3.63, 3.8) is 0 Å². The topological polar surface area (TPSA) is 35.5 Å². The van der Waals surface area contributed by atoms with Gasteiger partial charge in [-0.1, -0.05) is 35.5 Å². The van der Waals surface area contributed by atoms with Gasteiger partial charge in [-0.3, -0.25) is 5.32 Å². The van der Waals surface area contributed by atoms with E-state index in [-0.39, 0.29) is 6.73 Å². The van der Waals surface area contributed by atoms with Crippen LogP contribution in [-0.4, -0.2) is 24.9 Å². The van der Waals surface area contributed by atoms with Crippen LogP contribution in [0.25, 0.3) is 0 Å². The van der Waals surface area contributed by atoms with Crippen molar-refractivity contribution in [3.8, 4) is 0 Å². The molecule has 0 radical (unpaired) electrons. The standard InChI is InChI=1S/C16H17ClN2OS/c17-12-6-7-16-14(10-12)19(9-3-8-18-11-20)13-4-1-2-5-15(13)21-16/h1-2,4-7,10,18,20H,3,8-9,11H2. The number of para-hydroxylation sites is 1. The number of anilines is 2. The zero-order valence-corrected chi connectivity index (χ0v) is 13.1. The van der Waals surface area contributed by atoms with E-state index in [4.69, 9.17) is 16.7 Å². The van der Waals surface area contributed by atoms with Crippen molar-refractivity contribution in [3.05, 3.63) is 47.5 Å². The van der Waals surface area contributed by atoms with E-state index in [1.165, 1.54) is 15.5 Å². The van der Waals surface area contributed by atoms with Crippen LogP contribution in [0.15, 0.2) is 52.3 Å². The molecule has 0 saturated heterocycles. The number of nitrogens with zero attached hydrogens (tertiary/aromatic N) is 1. The lowest BCUT2D eigenvalue weighted by atomic mass is 10.2. The summed E-state index contributed by atoms with van der Waals surface area (Å²) in [5, 5.41) is 12.5. The molecule has 1 aliphatic rings. The number of benzene rings is 2. The molecule has 0 spiro atoms. The van der Waals surface area contributed by atoms with Crippen molar-refractivity contribution in [2.45, 2.75) is 16.2 Å². The van der Waals surface area contributed by atoms with Crippen molar-refractivity contribution in [1.29, 1.82) is 0 Å². The van der Waals surface area contributed by atoms with Crippen LogP contribution in [0.1, 0.15) is 6.42 Å². The molecular formula is C16H17ClN2OS. The minimum atomic E-state index is 0.0227. The highest BCUT2D eigenvalue weighted by molar-refractivity contribution is 7.99. The Kier molecular flexibility index (Phi) is 4.70. The summed E-state index contributed by atoms with van der Waals surface area (Å²) in [5.74, 6) is 0. The number of aliphatic hydroxyl groups is 1.